The van der Waals surface area contributed by atoms with Crippen LogP contribution in [-0.2, 0) is 28.8 Å². The van der Waals surface area contributed by atoms with Gasteiger partial charge >= 0.3 is 126 Å². The average molecular weight is 1200 g/mol. The molecule has 0 aliphatic heterocycles. The molecule has 1 fully saturated rings. The Morgan fingerprint density at radius 2 is 0.542 bits per heavy atom. The lowest BCUT2D eigenvalue weighted by molar-refractivity contribution is -1.10. The summed E-state index contributed by atoms with van der Waals surface area (Å²) >= 11 is 0. The molecule has 2 atom stereocenters. The maximum atomic E-state index is 14.3. The van der Waals surface area contributed by atoms with E-state index in [1.54, 1.807) is 8.57 Å². The number of fused-ring (bicyclic) bond motifs is 2. The van der Waals surface area contributed by atoms with E-state index in [0.29, 0.717) is 0 Å². The summed E-state index contributed by atoms with van der Waals surface area (Å²) in [5.74, 6) is -113. The number of amides is 2. The molecule has 2 N–H and O–H groups in total. The van der Waals surface area contributed by atoms with Gasteiger partial charge in [-0.1, -0.05) is 12.2 Å². The molecule has 72 heavy (non-hydrogen) atoms. The van der Waals surface area contributed by atoms with Gasteiger partial charge in [0.15, 0.2) is 0 Å². The highest BCUT2D eigenvalue weighted by atomic mass is 32.2. The number of alkyl halides is 34. The van der Waals surface area contributed by atoms with E-state index in [2.05, 4.69) is 12.2 Å². The standard InChI is InChI=1S/C18HF34NO10S2.C7H10/c19-3(20,7(27,28)11(35,36)15(43,44)45)5(23,24)9(31,32)13(39,40)17(49,50)64(58,59)62-53(1(54)55,2(56)57)63-65(60,61)18(51,52)14(41,42)10(33,34)6(25,26)4(21,22)8(29,30)12(37,38)16(46,47)48;1-2-7-4-3-6(1)5-7/h(H-,54,55,56,57);1-2,6-7H,3-5H2/p+1. The lowest BCUT2D eigenvalue weighted by Gasteiger charge is -2.42. The highest BCUT2D eigenvalue weighted by Crippen LogP contribution is 2.67. The SMILES string of the molecule is C1=CC2CCC1C2.O=C(O)[N+](OS(=O)(=O)C(F)(F)C(F)(F)C(F)(F)C(F)(F)C(F)(F)C(F)(F)C(F)(F)C(F)(F)F)(OS(=O)(=O)C(F)(F)C(F)(F)C(F)(F)C(F)(F)C(F)(F)C(F)(F)C(F)(F)C(F)(F)F)C(=O)O. The Morgan fingerprint density at radius 3 is 0.681 bits per heavy atom. The number of rotatable bonds is 18. The molecule has 0 aromatic rings. The number of carboxylic acid groups (broad SMARTS) is 2. The average Bonchev–Trinajstić information content (AvgIpc) is 3.82. The molecule has 2 unspecified atom stereocenters. The van der Waals surface area contributed by atoms with Crippen LogP contribution in [0.4, 0.5) is 159 Å². The van der Waals surface area contributed by atoms with Crippen LogP contribution >= 0.6 is 0 Å². The zero-order valence-corrected chi connectivity index (χ0v) is 33.3. The molecule has 0 radical (unpaired) electrons. The van der Waals surface area contributed by atoms with Crippen molar-refractivity contribution in [2.45, 2.75) is 113 Å². The molecule has 47 heteroatoms. The van der Waals surface area contributed by atoms with Crippen LogP contribution in [0.3, 0.4) is 0 Å². The Bertz CT molecular complexity index is 2160. The zero-order chi connectivity index (χ0) is 58.8. The molecule has 0 aromatic heterocycles. The second-order valence-corrected chi connectivity index (χ2v) is 17.0. The molecule has 2 amide bonds. The van der Waals surface area contributed by atoms with Gasteiger partial charge in [0.2, 0.25) is 4.81 Å². The van der Waals surface area contributed by atoms with Crippen LogP contribution in [0.15, 0.2) is 12.2 Å². The van der Waals surface area contributed by atoms with E-state index in [1.165, 1.54) is 19.3 Å². The molecule has 2 rings (SSSR count). The van der Waals surface area contributed by atoms with Gasteiger partial charge in [0, 0.05) is 0 Å². The van der Waals surface area contributed by atoms with Crippen molar-refractivity contribution in [2.75, 3.05) is 0 Å². The summed E-state index contributed by atoms with van der Waals surface area (Å²) in [6, 6.07) is 0. The van der Waals surface area contributed by atoms with Crippen molar-refractivity contribution in [3.63, 3.8) is 0 Å². The number of quaternary nitrogens is 1. The van der Waals surface area contributed by atoms with Crippen molar-refractivity contribution in [2.24, 2.45) is 11.8 Å². The summed E-state index contributed by atoms with van der Waals surface area (Å²) < 4.78 is 508. The molecule has 426 valence electrons. The van der Waals surface area contributed by atoms with Gasteiger partial charge in [-0.25, -0.2) is 0 Å². The quantitative estimate of drug-likeness (QED) is 0.0585. The first-order valence-electron chi connectivity index (χ1n) is 16.1. The number of hydrogen-bond donors (Lipinski definition) is 2. The van der Waals surface area contributed by atoms with E-state index in [4.69, 9.17) is 10.2 Å². The molecule has 0 heterocycles. The maximum absolute atomic E-state index is 14.3. The zero-order valence-electron chi connectivity index (χ0n) is 31.7. The van der Waals surface area contributed by atoms with Crippen molar-refractivity contribution in [3.05, 3.63) is 12.2 Å². The van der Waals surface area contributed by atoms with E-state index in [0.717, 1.165) is 11.8 Å². The number of allylic oxidation sites excluding steroid dienone is 2. The monoisotopic (exact) mass is 1200 g/mol. The van der Waals surface area contributed by atoms with Crippen molar-refractivity contribution >= 4 is 32.4 Å². The Kier molecular flexibility index (Phi) is 16.1. The third-order valence-corrected chi connectivity index (χ3v) is 11.7. The van der Waals surface area contributed by atoms with Crippen LogP contribution in [0, 0.1) is 11.8 Å². The first kappa shape index (κ1) is 66.1. The van der Waals surface area contributed by atoms with Gasteiger partial charge in [-0.3, -0.25) is 0 Å². The van der Waals surface area contributed by atoms with Crippen LogP contribution in [0.2, 0.25) is 0 Å². The summed E-state index contributed by atoms with van der Waals surface area (Å²) in [5.41, 5.74) is 0. The molecule has 2 bridgehead atoms. The predicted molar refractivity (Wildman–Crippen MR) is 148 cm³/mol. The number of hydroxylamine groups is 4. The number of halogens is 34. The van der Waals surface area contributed by atoms with Crippen molar-refractivity contribution in [1.82, 2.24) is 0 Å². The fourth-order valence-electron chi connectivity index (χ4n) is 4.92. The molecule has 1 saturated carbocycles. The third kappa shape index (κ3) is 8.83. The number of carbonyl (C=O) groups is 2. The predicted octanol–water partition coefficient (Wildman–Crippen LogP) is 11.6. The number of hydrogen-bond acceptors (Lipinski definition) is 8. The fourth-order valence-corrected chi connectivity index (χ4v) is 6.90. The Labute approximate surface area is 369 Å². The number of imide groups is 1. The van der Waals surface area contributed by atoms with E-state index in [9.17, 15) is 176 Å². The van der Waals surface area contributed by atoms with E-state index < -0.39 is 131 Å². The van der Waals surface area contributed by atoms with Crippen LogP contribution in [0.1, 0.15) is 19.3 Å². The Morgan fingerprint density at radius 1 is 0.361 bits per heavy atom. The van der Waals surface area contributed by atoms with Gasteiger partial charge in [-0.2, -0.15) is 176 Å². The van der Waals surface area contributed by atoms with Crippen molar-refractivity contribution in [3.8, 4) is 0 Å². The summed E-state index contributed by atoms with van der Waals surface area (Å²) in [6.07, 6.45) is -17.9. The summed E-state index contributed by atoms with van der Waals surface area (Å²) in [7, 11) is -20.2. The molecule has 0 aromatic carbocycles. The van der Waals surface area contributed by atoms with Gasteiger partial charge < -0.3 is 10.2 Å². The van der Waals surface area contributed by atoms with Crippen LogP contribution < -0.4 is 0 Å². The van der Waals surface area contributed by atoms with Gasteiger partial charge in [0.25, 0.3) is 0 Å². The first-order chi connectivity index (χ1) is 30.8. The normalized spacial score (nSPS) is 19.6. The van der Waals surface area contributed by atoms with Gasteiger partial charge in [-0.05, 0) is 39.7 Å². The lowest BCUT2D eigenvalue weighted by Crippen LogP contribution is -2.75. The van der Waals surface area contributed by atoms with Crippen LogP contribution in [0.25, 0.3) is 0 Å². The molecule has 0 saturated heterocycles. The Balaban J connectivity index is 0.00000334. The van der Waals surface area contributed by atoms with E-state index >= 15 is 0 Å². The maximum Gasteiger partial charge on any atom is 0.597 e. The molecule has 2 aliphatic carbocycles. The second-order valence-electron chi connectivity index (χ2n) is 13.8. The first-order valence-corrected chi connectivity index (χ1v) is 19.0. The summed E-state index contributed by atoms with van der Waals surface area (Å²) in [5, 5.41) is -1.67. The molecular weight excluding hydrogens is 1180 g/mol. The largest absolute Gasteiger partial charge is 0.597 e. The topological polar surface area (TPSA) is 161 Å². The molecule has 2 aliphatic rings. The molecule has 0 spiro atoms. The minimum Gasteiger partial charge on any atom is -0.430 e. The molecule has 11 nitrogen and oxygen atoms in total. The second kappa shape index (κ2) is 17.6. The summed E-state index contributed by atoms with van der Waals surface area (Å²) in [6.45, 7) is 0. The van der Waals surface area contributed by atoms with Gasteiger partial charge in [0.05, 0.1) is 0 Å². The molecular formula is C25H12F34NO10S2+. The van der Waals surface area contributed by atoms with Gasteiger partial charge in [0.1, 0.15) is 0 Å². The van der Waals surface area contributed by atoms with E-state index in [1.807, 2.05) is 0 Å². The fraction of sp³-hybridized carbons (Fsp3) is 0.840. The van der Waals surface area contributed by atoms with E-state index in [-0.39, 0.29) is 0 Å². The summed E-state index contributed by atoms with van der Waals surface area (Å²) in [4.78, 5) is 15.8. The minimum absolute atomic E-state index is 0.991. The lowest BCUT2D eigenvalue weighted by atomic mass is 9.91. The highest BCUT2D eigenvalue weighted by Gasteiger charge is 2.99. The highest BCUT2D eigenvalue weighted by molar-refractivity contribution is 7.88. The Hall–Kier alpha value is -3.92. The van der Waals surface area contributed by atoms with Gasteiger partial charge in [-0.15, -0.1) is 0 Å². The van der Waals surface area contributed by atoms with Crippen LogP contribution in [-0.4, -0.2) is 138 Å². The van der Waals surface area contributed by atoms with Crippen molar-refractivity contribution in [1.29, 1.82) is 0 Å². The smallest absolute Gasteiger partial charge is 0.430 e. The number of nitrogens with zero attached hydrogens (tertiary/aromatic N) is 1. The van der Waals surface area contributed by atoms with Crippen LogP contribution in [0.5, 0.6) is 0 Å². The van der Waals surface area contributed by atoms with Crippen molar-refractivity contribution < 1.29 is 199 Å². The third-order valence-electron chi connectivity index (χ3n) is 9.09. The minimum atomic E-state index is -10.1.